The van der Waals surface area contributed by atoms with Gasteiger partial charge in [-0.2, -0.15) is 4.98 Å². The number of carbonyl (C=O) groups excluding carboxylic acids is 1. The van der Waals surface area contributed by atoms with Crippen LogP contribution in [0.25, 0.3) is 10.7 Å². The Bertz CT molecular complexity index is 820. The lowest BCUT2D eigenvalue weighted by atomic mass is 10.3. The van der Waals surface area contributed by atoms with Crippen molar-refractivity contribution in [3.05, 3.63) is 52.1 Å². The van der Waals surface area contributed by atoms with Gasteiger partial charge in [-0.1, -0.05) is 33.2 Å². The standard InChI is InChI=1S/C17H16BrN3O3S/c18-12-3-1-4-13(11-12)23-9-8-19-15(22)6-7-16-20-17(21-24-16)14-5-2-10-25-14/h1-5,10-11H,6-9H2,(H,19,22). The number of hydrogen-bond acceptors (Lipinski definition) is 6. The predicted molar refractivity (Wildman–Crippen MR) is 98.6 cm³/mol. The molecule has 2 heterocycles. The van der Waals surface area contributed by atoms with Crippen LogP contribution in [0, 0.1) is 0 Å². The Hall–Kier alpha value is -2.19. The predicted octanol–water partition coefficient (Wildman–Crippen LogP) is 3.69. The maximum atomic E-state index is 11.9. The summed E-state index contributed by atoms with van der Waals surface area (Å²) >= 11 is 4.93. The normalized spacial score (nSPS) is 10.6. The van der Waals surface area contributed by atoms with Crippen LogP contribution < -0.4 is 10.1 Å². The first kappa shape index (κ1) is 17.6. The summed E-state index contributed by atoms with van der Waals surface area (Å²) in [6.07, 6.45) is 0.708. The van der Waals surface area contributed by atoms with E-state index in [1.807, 2.05) is 41.8 Å². The van der Waals surface area contributed by atoms with Crippen molar-refractivity contribution in [3.8, 4) is 16.5 Å². The minimum atomic E-state index is -0.0753. The summed E-state index contributed by atoms with van der Waals surface area (Å²) in [5, 5.41) is 8.68. The van der Waals surface area contributed by atoms with Crippen LogP contribution in [0.1, 0.15) is 12.3 Å². The van der Waals surface area contributed by atoms with E-state index in [1.165, 1.54) is 0 Å². The highest BCUT2D eigenvalue weighted by Crippen LogP contribution is 2.21. The molecule has 3 aromatic rings. The van der Waals surface area contributed by atoms with Gasteiger partial charge in [-0.3, -0.25) is 4.79 Å². The summed E-state index contributed by atoms with van der Waals surface area (Å²) in [7, 11) is 0. The lowest BCUT2D eigenvalue weighted by Crippen LogP contribution is -2.28. The van der Waals surface area contributed by atoms with E-state index in [0.717, 1.165) is 15.1 Å². The number of rotatable bonds is 8. The molecule has 0 aliphatic carbocycles. The third-order valence-corrected chi connectivity index (χ3v) is 4.62. The number of halogens is 1. The van der Waals surface area contributed by atoms with Gasteiger partial charge >= 0.3 is 0 Å². The molecule has 0 saturated carbocycles. The molecule has 0 saturated heterocycles. The van der Waals surface area contributed by atoms with Crippen LogP contribution in [0.2, 0.25) is 0 Å². The molecule has 25 heavy (non-hydrogen) atoms. The SMILES string of the molecule is O=C(CCc1nc(-c2cccs2)no1)NCCOc1cccc(Br)c1. The molecule has 130 valence electrons. The summed E-state index contributed by atoms with van der Waals surface area (Å²) < 4.78 is 11.7. The lowest BCUT2D eigenvalue weighted by Gasteiger charge is -2.07. The highest BCUT2D eigenvalue weighted by molar-refractivity contribution is 9.10. The number of aromatic nitrogens is 2. The topological polar surface area (TPSA) is 77.2 Å². The highest BCUT2D eigenvalue weighted by atomic mass is 79.9. The molecule has 0 bridgehead atoms. The van der Waals surface area contributed by atoms with Gasteiger partial charge in [0.25, 0.3) is 0 Å². The number of hydrogen-bond donors (Lipinski definition) is 1. The number of aryl methyl sites for hydroxylation is 1. The van der Waals surface area contributed by atoms with E-state index in [-0.39, 0.29) is 5.91 Å². The fourth-order valence-corrected chi connectivity index (χ4v) is 3.11. The lowest BCUT2D eigenvalue weighted by molar-refractivity contribution is -0.121. The van der Waals surface area contributed by atoms with Crippen molar-refractivity contribution in [2.75, 3.05) is 13.2 Å². The molecule has 1 aromatic carbocycles. The van der Waals surface area contributed by atoms with E-state index in [1.54, 1.807) is 11.3 Å². The van der Waals surface area contributed by atoms with Crippen molar-refractivity contribution in [3.63, 3.8) is 0 Å². The molecule has 1 amide bonds. The Balaban J connectivity index is 1.35. The summed E-state index contributed by atoms with van der Waals surface area (Å²) in [4.78, 5) is 17.1. The van der Waals surface area contributed by atoms with E-state index in [0.29, 0.717) is 37.7 Å². The summed E-state index contributed by atoms with van der Waals surface area (Å²) in [5.74, 6) is 1.71. The second-order valence-electron chi connectivity index (χ2n) is 5.14. The van der Waals surface area contributed by atoms with Crippen LogP contribution in [0.5, 0.6) is 5.75 Å². The average Bonchev–Trinajstić information content (AvgIpc) is 3.28. The van der Waals surface area contributed by atoms with Gasteiger partial charge in [0.2, 0.25) is 17.6 Å². The van der Waals surface area contributed by atoms with Gasteiger partial charge in [0.15, 0.2) is 0 Å². The van der Waals surface area contributed by atoms with Gasteiger partial charge in [-0.05, 0) is 29.6 Å². The minimum Gasteiger partial charge on any atom is -0.492 e. The van der Waals surface area contributed by atoms with E-state index >= 15 is 0 Å². The molecule has 0 radical (unpaired) electrons. The first-order chi connectivity index (χ1) is 12.2. The minimum absolute atomic E-state index is 0.0753. The molecule has 0 fully saturated rings. The molecule has 2 aromatic heterocycles. The fourth-order valence-electron chi connectivity index (χ4n) is 2.09. The Morgan fingerprint density at radius 2 is 2.24 bits per heavy atom. The van der Waals surface area contributed by atoms with E-state index in [2.05, 4.69) is 31.4 Å². The quantitative estimate of drug-likeness (QED) is 0.561. The molecule has 8 heteroatoms. The van der Waals surface area contributed by atoms with Crippen LogP contribution in [0.15, 0.2) is 50.8 Å². The van der Waals surface area contributed by atoms with Gasteiger partial charge < -0.3 is 14.6 Å². The van der Waals surface area contributed by atoms with Gasteiger partial charge in [-0.25, -0.2) is 0 Å². The zero-order valence-electron chi connectivity index (χ0n) is 13.3. The first-order valence-corrected chi connectivity index (χ1v) is 9.39. The molecule has 1 N–H and O–H groups in total. The molecule has 0 unspecified atom stereocenters. The van der Waals surface area contributed by atoms with Crippen LogP contribution >= 0.6 is 27.3 Å². The largest absolute Gasteiger partial charge is 0.492 e. The molecular formula is C17H16BrN3O3S. The number of nitrogens with one attached hydrogen (secondary N) is 1. The van der Waals surface area contributed by atoms with Crippen molar-refractivity contribution in [2.45, 2.75) is 12.8 Å². The molecule has 0 aliphatic heterocycles. The maximum absolute atomic E-state index is 11.9. The van der Waals surface area contributed by atoms with Gasteiger partial charge in [-0.15, -0.1) is 11.3 Å². The number of amides is 1. The Labute approximate surface area is 157 Å². The van der Waals surface area contributed by atoms with Gasteiger partial charge in [0.05, 0.1) is 11.4 Å². The fraction of sp³-hybridized carbons (Fsp3) is 0.235. The second kappa shape index (κ2) is 8.77. The molecule has 0 spiro atoms. The summed E-state index contributed by atoms with van der Waals surface area (Å²) in [6, 6.07) is 11.4. The van der Waals surface area contributed by atoms with Crippen LogP contribution in [0.4, 0.5) is 0 Å². The second-order valence-corrected chi connectivity index (χ2v) is 7.01. The van der Waals surface area contributed by atoms with Crippen molar-refractivity contribution >= 4 is 33.2 Å². The molecule has 3 rings (SSSR count). The van der Waals surface area contributed by atoms with Crippen molar-refractivity contribution in [1.29, 1.82) is 0 Å². The number of nitrogens with zero attached hydrogens (tertiary/aromatic N) is 2. The van der Waals surface area contributed by atoms with Gasteiger partial charge in [0, 0.05) is 17.3 Å². The monoisotopic (exact) mass is 421 g/mol. The number of ether oxygens (including phenoxy) is 1. The van der Waals surface area contributed by atoms with Gasteiger partial charge in [0.1, 0.15) is 12.4 Å². The molecule has 0 aliphatic rings. The molecule has 0 atom stereocenters. The number of thiophene rings is 1. The van der Waals surface area contributed by atoms with Crippen molar-refractivity contribution in [1.82, 2.24) is 15.5 Å². The van der Waals surface area contributed by atoms with Crippen molar-refractivity contribution < 1.29 is 14.1 Å². The Morgan fingerprint density at radius 1 is 1.32 bits per heavy atom. The third kappa shape index (κ3) is 5.40. The zero-order valence-corrected chi connectivity index (χ0v) is 15.7. The average molecular weight is 422 g/mol. The molecular weight excluding hydrogens is 406 g/mol. The van der Waals surface area contributed by atoms with E-state index in [4.69, 9.17) is 9.26 Å². The number of benzene rings is 1. The Morgan fingerprint density at radius 3 is 3.04 bits per heavy atom. The maximum Gasteiger partial charge on any atom is 0.227 e. The van der Waals surface area contributed by atoms with Crippen molar-refractivity contribution in [2.24, 2.45) is 0 Å². The third-order valence-electron chi connectivity index (χ3n) is 3.26. The van der Waals surface area contributed by atoms with Crippen LogP contribution in [-0.2, 0) is 11.2 Å². The Kier molecular flexibility index (Phi) is 6.19. The highest BCUT2D eigenvalue weighted by Gasteiger charge is 2.11. The van der Waals surface area contributed by atoms with E-state index in [9.17, 15) is 4.79 Å². The smallest absolute Gasteiger partial charge is 0.227 e. The molecule has 6 nitrogen and oxygen atoms in total. The summed E-state index contributed by atoms with van der Waals surface area (Å²) in [6.45, 7) is 0.848. The number of carbonyl (C=O) groups is 1. The van der Waals surface area contributed by atoms with Crippen LogP contribution in [0.3, 0.4) is 0 Å². The van der Waals surface area contributed by atoms with Crippen LogP contribution in [-0.4, -0.2) is 29.2 Å². The first-order valence-electron chi connectivity index (χ1n) is 7.72. The van der Waals surface area contributed by atoms with E-state index < -0.39 is 0 Å². The summed E-state index contributed by atoms with van der Waals surface area (Å²) in [5.41, 5.74) is 0. The zero-order chi connectivity index (χ0) is 17.5.